The number of rotatable bonds is 8. The molecule has 37 heavy (non-hydrogen) atoms. The molecule has 2 aromatic carbocycles. The second-order valence-corrected chi connectivity index (χ2v) is 8.45. The molecule has 0 unspecified atom stereocenters. The highest BCUT2D eigenvalue weighted by Gasteiger charge is 2.42. The zero-order valence-corrected chi connectivity index (χ0v) is 20.0. The van der Waals surface area contributed by atoms with Crippen LogP contribution in [-0.4, -0.2) is 27.0 Å². The Morgan fingerprint density at radius 1 is 1.03 bits per heavy atom. The van der Waals surface area contributed by atoms with E-state index in [0.29, 0.717) is 28.6 Å². The van der Waals surface area contributed by atoms with Gasteiger partial charge in [0.05, 0.1) is 16.4 Å². The van der Waals surface area contributed by atoms with Gasteiger partial charge in [0.1, 0.15) is 30.3 Å². The van der Waals surface area contributed by atoms with Gasteiger partial charge < -0.3 is 14.8 Å². The summed E-state index contributed by atoms with van der Waals surface area (Å²) in [4.78, 5) is 24.7. The number of pyridine rings is 1. The summed E-state index contributed by atoms with van der Waals surface area (Å²) in [6.45, 7) is 0.0240. The minimum Gasteiger partial charge on any atom is -0.491 e. The van der Waals surface area contributed by atoms with Crippen LogP contribution in [0, 0.1) is 0 Å². The summed E-state index contributed by atoms with van der Waals surface area (Å²) in [6, 6.07) is 19.8. The number of alkyl halides is 2. The van der Waals surface area contributed by atoms with E-state index < -0.39 is 12.0 Å². The first-order valence-electron chi connectivity index (χ1n) is 11.2. The topological polar surface area (TPSA) is 86.2 Å². The van der Waals surface area contributed by atoms with Crippen LogP contribution in [0.1, 0.15) is 22.5 Å². The van der Waals surface area contributed by atoms with E-state index in [1.165, 1.54) is 42.9 Å². The third kappa shape index (κ3) is 5.41. The Balaban J connectivity index is 1.32. The van der Waals surface area contributed by atoms with Gasteiger partial charge in [-0.1, -0.05) is 60.1 Å². The van der Waals surface area contributed by atoms with Crippen LogP contribution >= 0.6 is 11.6 Å². The Hall–Kier alpha value is -4.37. The number of anilines is 1. The molecule has 0 atom stereocenters. The highest BCUT2D eigenvalue weighted by atomic mass is 35.5. The number of halogens is 3. The smallest absolute Gasteiger partial charge is 0.482 e. The second kappa shape index (κ2) is 10.3. The van der Waals surface area contributed by atoms with Crippen molar-refractivity contribution in [1.82, 2.24) is 15.0 Å². The zero-order valence-electron chi connectivity index (χ0n) is 19.2. The van der Waals surface area contributed by atoms with Crippen LogP contribution in [-0.2, 0) is 22.6 Å². The van der Waals surface area contributed by atoms with Crippen molar-refractivity contribution in [2.24, 2.45) is 0 Å². The Morgan fingerprint density at radius 2 is 1.81 bits per heavy atom. The van der Waals surface area contributed by atoms with Crippen molar-refractivity contribution in [2.75, 3.05) is 5.32 Å². The predicted molar refractivity (Wildman–Crippen MR) is 133 cm³/mol. The molecule has 186 valence electrons. The Labute approximate surface area is 215 Å². The Kier molecular flexibility index (Phi) is 6.78. The highest BCUT2D eigenvalue weighted by Crippen LogP contribution is 2.39. The standard InChI is InChI=1S/C27H19ClF2N4O3/c28-21-14-31-16-32-25(21)24-20-11-5-4-7-17(20)13-22(24)36-15-18-8-6-12-23(33-18)34-26(35)27(29,30)37-19-9-2-1-3-10-19/h1-12,14,16H,13,15H2,(H,33,34,35). The van der Waals surface area contributed by atoms with Crippen molar-refractivity contribution in [1.29, 1.82) is 0 Å². The molecule has 0 saturated heterocycles. The van der Waals surface area contributed by atoms with E-state index in [2.05, 4.69) is 25.0 Å². The number of carbonyl (C=O) groups excluding carboxylic acids is 1. The molecule has 0 spiro atoms. The van der Waals surface area contributed by atoms with Crippen LogP contribution in [0.25, 0.3) is 5.57 Å². The fraction of sp³-hybridized carbons (Fsp3) is 0.111. The van der Waals surface area contributed by atoms with Crippen LogP contribution in [0.2, 0.25) is 5.02 Å². The van der Waals surface area contributed by atoms with Crippen LogP contribution in [0.3, 0.4) is 0 Å². The number of para-hydroxylation sites is 1. The summed E-state index contributed by atoms with van der Waals surface area (Å²) in [7, 11) is 0. The SMILES string of the molecule is O=C(Nc1cccc(COC2=C(c3ncncc3Cl)c3ccccc3C2)n1)C(F)(F)Oc1ccccc1. The number of hydrogen-bond acceptors (Lipinski definition) is 6. The normalized spacial score (nSPS) is 12.7. The summed E-state index contributed by atoms with van der Waals surface area (Å²) in [6.07, 6.45) is -0.648. The van der Waals surface area contributed by atoms with Crippen LogP contribution in [0.5, 0.6) is 5.75 Å². The molecule has 2 aromatic heterocycles. The number of nitrogens with zero attached hydrogens (tertiary/aromatic N) is 3. The molecule has 5 rings (SSSR count). The zero-order chi connectivity index (χ0) is 25.8. The maximum Gasteiger partial charge on any atom is 0.482 e. The molecule has 2 heterocycles. The molecule has 0 aliphatic heterocycles. The molecule has 1 amide bonds. The first-order chi connectivity index (χ1) is 17.9. The van der Waals surface area contributed by atoms with Crippen molar-refractivity contribution in [3.05, 3.63) is 119 Å². The van der Waals surface area contributed by atoms with Crippen LogP contribution in [0.4, 0.5) is 14.6 Å². The average Bonchev–Trinajstić information content (AvgIpc) is 3.26. The quantitative estimate of drug-likeness (QED) is 0.322. The summed E-state index contributed by atoms with van der Waals surface area (Å²) in [5, 5.41) is 2.49. The van der Waals surface area contributed by atoms with Gasteiger partial charge in [0.2, 0.25) is 0 Å². The molecule has 10 heteroatoms. The summed E-state index contributed by atoms with van der Waals surface area (Å²) < 4.78 is 39.3. The minimum atomic E-state index is -4.10. The largest absolute Gasteiger partial charge is 0.491 e. The van der Waals surface area contributed by atoms with Crippen molar-refractivity contribution in [3.63, 3.8) is 0 Å². The fourth-order valence-corrected chi connectivity index (χ4v) is 4.07. The molecule has 4 aromatic rings. The van der Waals surface area contributed by atoms with Crippen LogP contribution < -0.4 is 10.1 Å². The third-order valence-corrected chi connectivity index (χ3v) is 5.79. The lowest BCUT2D eigenvalue weighted by molar-refractivity contribution is -0.187. The first-order valence-corrected chi connectivity index (χ1v) is 11.6. The highest BCUT2D eigenvalue weighted by molar-refractivity contribution is 6.32. The lowest BCUT2D eigenvalue weighted by Crippen LogP contribution is -2.40. The van der Waals surface area contributed by atoms with E-state index in [0.717, 1.165) is 16.7 Å². The van der Waals surface area contributed by atoms with Gasteiger partial charge in [-0.25, -0.2) is 15.0 Å². The molecule has 0 saturated carbocycles. The van der Waals surface area contributed by atoms with Gasteiger partial charge in [-0.15, -0.1) is 0 Å². The van der Waals surface area contributed by atoms with Crippen molar-refractivity contribution >= 4 is 28.9 Å². The van der Waals surface area contributed by atoms with Gasteiger partial charge in [0.15, 0.2) is 0 Å². The van der Waals surface area contributed by atoms with E-state index in [4.69, 9.17) is 16.3 Å². The third-order valence-electron chi connectivity index (χ3n) is 5.52. The lowest BCUT2D eigenvalue weighted by Gasteiger charge is -2.17. The van der Waals surface area contributed by atoms with E-state index >= 15 is 0 Å². The number of aromatic nitrogens is 3. The number of carbonyl (C=O) groups is 1. The summed E-state index contributed by atoms with van der Waals surface area (Å²) in [5.74, 6) is -1.20. The van der Waals surface area contributed by atoms with Gasteiger partial charge in [0, 0.05) is 18.2 Å². The minimum absolute atomic E-state index is 0.0240. The Morgan fingerprint density at radius 3 is 2.62 bits per heavy atom. The average molecular weight is 521 g/mol. The molecule has 0 bridgehead atoms. The molecule has 0 fully saturated rings. The second-order valence-electron chi connectivity index (χ2n) is 8.04. The van der Waals surface area contributed by atoms with Crippen molar-refractivity contribution in [3.8, 4) is 5.75 Å². The summed E-state index contributed by atoms with van der Waals surface area (Å²) in [5.41, 5.74) is 3.72. The number of benzene rings is 2. The Bertz CT molecular complexity index is 1480. The van der Waals surface area contributed by atoms with Gasteiger partial charge >= 0.3 is 12.0 Å². The van der Waals surface area contributed by atoms with Gasteiger partial charge in [-0.2, -0.15) is 8.78 Å². The van der Waals surface area contributed by atoms with Gasteiger partial charge in [-0.3, -0.25) is 4.79 Å². The summed E-state index contributed by atoms with van der Waals surface area (Å²) >= 11 is 6.37. The molecule has 1 N–H and O–H groups in total. The molecule has 1 aliphatic carbocycles. The number of amides is 1. The fourth-order valence-electron chi connectivity index (χ4n) is 3.87. The maximum absolute atomic E-state index is 14.3. The number of hydrogen-bond donors (Lipinski definition) is 1. The number of nitrogens with one attached hydrogen (secondary N) is 1. The van der Waals surface area contributed by atoms with E-state index in [-0.39, 0.29) is 18.2 Å². The van der Waals surface area contributed by atoms with Gasteiger partial charge in [0.25, 0.3) is 0 Å². The molecule has 7 nitrogen and oxygen atoms in total. The van der Waals surface area contributed by atoms with Crippen molar-refractivity contribution in [2.45, 2.75) is 19.1 Å². The van der Waals surface area contributed by atoms with E-state index in [1.807, 2.05) is 24.3 Å². The molecule has 1 aliphatic rings. The monoisotopic (exact) mass is 520 g/mol. The van der Waals surface area contributed by atoms with Gasteiger partial charge in [-0.05, 0) is 35.4 Å². The molecule has 0 radical (unpaired) electrons. The lowest BCUT2D eigenvalue weighted by atomic mass is 10.0. The first kappa shape index (κ1) is 24.3. The number of allylic oxidation sites excluding steroid dienone is 1. The maximum atomic E-state index is 14.3. The van der Waals surface area contributed by atoms with E-state index in [9.17, 15) is 13.6 Å². The number of ether oxygens (including phenoxy) is 2. The van der Waals surface area contributed by atoms with Crippen molar-refractivity contribution < 1.29 is 23.0 Å². The number of fused-ring (bicyclic) bond motifs is 1. The molecular formula is C27H19ClF2N4O3. The predicted octanol–water partition coefficient (Wildman–Crippen LogP) is 5.67. The van der Waals surface area contributed by atoms with E-state index in [1.54, 1.807) is 18.2 Å². The van der Waals surface area contributed by atoms with Crippen LogP contribution in [0.15, 0.2) is 91.1 Å². The molecular weight excluding hydrogens is 502 g/mol.